The van der Waals surface area contributed by atoms with Gasteiger partial charge in [-0.25, -0.2) is 8.78 Å². The molecule has 0 atom stereocenters. The van der Waals surface area contributed by atoms with Gasteiger partial charge in [-0.1, -0.05) is 30.8 Å². The Bertz CT molecular complexity index is 1250. The smallest absolute Gasteiger partial charge is 0.224 e. The molecule has 1 heterocycles. The summed E-state index contributed by atoms with van der Waals surface area (Å²) in [5, 5.41) is 3.82. The molecule has 1 amide bonds. The quantitative estimate of drug-likeness (QED) is 0.361. The largest absolute Gasteiger partial charge is 0.398 e. The first-order chi connectivity index (χ1) is 14.9. The zero-order valence-corrected chi connectivity index (χ0v) is 17.7. The highest BCUT2D eigenvalue weighted by Gasteiger charge is 2.14. The van der Waals surface area contributed by atoms with Gasteiger partial charge in [-0.2, -0.15) is 0 Å². The molecule has 0 fully saturated rings. The van der Waals surface area contributed by atoms with E-state index in [0.29, 0.717) is 23.4 Å². The van der Waals surface area contributed by atoms with Crippen LogP contribution in [0, 0.1) is 11.6 Å². The molecule has 3 aromatic carbocycles. The topological polar surface area (TPSA) is 60.1 Å². The third kappa shape index (κ3) is 4.72. The summed E-state index contributed by atoms with van der Waals surface area (Å²) >= 11 is 1.52. The number of fused-ring (bicyclic) bond motifs is 1. The van der Waals surface area contributed by atoms with Crippen molar-refractivity contribution >= 4 is 39.9 Å². The van der Waals surface area contributed by atoms with Crippen LogP contribution in [-0.2, 0) is 11.3 Å². The summed E-state index contributed by atoms with van der Waals surface area (Å²) in [5.41, 5.74) is 8.80. The molecule has 158 valence electrons. The summed E-state index contributed by atoms with van der Waals surface area (Å²) in [4.78, 5) is 13.7. The van der Waals surface area contributed by atoms with Crippen LogP contribution in [0.5, 0.6) is 0 Å². The van der Waals surface area contributed by atoms with Gasteiger partial charge in [0.05, 0.1) is 5.52 Å². The number of nitrogen functional groups attached to an aromatic ring is 1. The number of nitrogens with zero attached hydrogens (tertiary/aromatic N) is 1. The minimum Gasteiger partial charge on any atom is -0.398 e. The molecule has 4 nitrogen and oxygen atoms in total. The van der Waals surface area contributed by atoms with Gasteiger partial charge in [0, 0.05) is 51.8 Å². The number of benzene rings is 3. The number of hydrogen-bond donors (Lipinski definition) is 2. The van der Waals surface area contributed by atoms with E-state index in [0.717, 1.165) is 26.8 Å². The lowest BCUT2D eigenvalue weighted by Crippen LogP contribution is -2.09. The summed E-state index contributed by atoms with van der Waals surface area (Å²) < 4.78 is 29.4. The number of carbonyl (C=O) groups excluding carboxylic acids is 1. The van der Waals surface area contributed by atoms with E-state index in [4.69, 9.17) is 5.73 Å². The van der Waals surface area contributed by atoms with Crippen molar-refractivity contribution in [3.05, 3.63) is 84.1 Å². The van der Waals surface area contributed by atoms with Crippen LogP contribution in [0.2, 0.25) is 0 Å². The van der Waals surface area contributed by atoms with Crippen LogP contribution in [-0.4, -0.2) is 10.5 Å². The lowest BCUT2D eigenvalue weighted by atomic mass is 10.2. The maximum absolute atomic E-state index is 13.7. The van der Waals surface area contributed by atoms with Crippen LogP contribution >= 0.6 is 11.8 Å². The third-order valence-electron chi connectivity index (χ3n) is 4.86. The Kier molecular flexibility index (Phi) is 5.95. The first kappa shape index (κ1) is 20.9. The van der Waals surface area contributed by atoms with Gasteiger partial charge in [0.25, 0.3) is 0 Å². The van der Waals surface area contributed by atoms with Gasteiger partial charge in [-0.3, -0.25) is 4.79 Å². The number of anilines is 2. The number of hydrogen-bond acceptors (Lipinski definition) is 3. The molecule has 0 aliphatic rings. The Balaban J connectivity index is 1.79. The minimum absolute atomic E-state index is 0.0867. The van der Waals surface area contributed by atoms with Crippen molar-refractivity contribution in [3.8, 4) is 0 Å². The molecule has 0 radical (unpaired) electrons. The second-order valence-electron chi connectivity index (χ2n) is 7.17. The molecule has 0 bridgehead atoms. The number of nitrogens with two attached hydrogens (primary N) is 1. The van der Waals surface area contributed by atoms with E-state index in [1.807, 2.05) is 53.2 Å². The summed E-state index contributed by atoms with van der Waals surface area (Å²) in [7, 11) is 0. The molecule has 4 aromatic rings. The van der Waals surface area contributed by atoms with Gasteiger partial charge >= 0.3 is 0 Å². The van der Waals surface area contributed by atoms with Crippen molar-refractivity contribution in [2.24, 2.45) is 0 Å². The molecule has 0 spiro atoms. The SMILES string of the molecule is CCC(=O)Nc1ccc2c(Sc3ccccc3N)cn(Cc3cc(F)cc(F)c3)c2c1. The van der Waals surface area contributed by atoms with Crippen LogP contribution in [0.15, 0.2) is 76.7 Å². The third-order valence-corrected chi connectivity index (χ3v) is 6.00. The first-order valence-electron chi connectivity index (χ1n) is 9.83. The second kappa shape index (κ2) is 8.81. The highest BCUT2D eigenvalue weighted by Crippen LogP contribution is 2.38. The molecule has 7 heteroatoms. The molecular weight excluding hydrogens is 416 g/mol. The Hall–Kier alpha value is -3.32. The van der Waals surface area contributed by atoms with Crippen molar-refractivity contribution < 1.29 is 13.6 Å². The zero-order valence-electron chi connectivity index (χ0n) is 16.9. The van der Waals surface area contributed by atoms with E-state index >= 15 is 0 Å². The maximum atomic E-state index is 13.7. The van der Waals surface area contributed by atoms with Crippen LogP contribution in [0.25, 0.3) is 10.9 Å². The summed E-state index contributed by atoms with van der Waals surface area (Å²) in [6.07, 6.45) is 2.31. The number of aromatic nitrogens is 1. The Morgan fingerprint density at radius 3 is 2.48 bits per heavy atom. The van der Waals surface area contributed by atoms with Crippen LogP contribution in [0.1, 0.15) is 18.9 Å². The number of amides is 1. The van der Waals surface area contributed by atoms with Gasteiger partial charge < -0.3 is 15.6 Å². The Labute approximate surface area is 183 Å². The molecule has 0 unspecified atom stereocenters. The van der Waals surface area contributed by atoms with Crippen molar-refractivity contribution in [1.82, 2.24) is 4.57 Å². The van der Waals surface area contributed by atoms with Gasteiger partial charge in [-0.15, -0.1) is 0 Å². The monoisotopic (exact) mass is 437 g/mol. The summed E-state index contributed by atoms with van der Waals surface area (Å²) in [5.74, 6) is -1.32. The molecule has 0 aliphatic carbocycles. The van der Waals surface area contributed by atoms with Crippen molar-refractivity contribution in [2.75, 3.05) is 11.1 Å². The minimum atomic E-state index is -0.617. The Morgan fingerprint density at radius 1 is 1.03 bits per heavy atom. The molecule has 31 heavy (non-hydrogen) atoms. The molecule has 4 rings (SSSR count). The van der Waals surface area contributed by atoms with E-state index < -0.39 is 11.6 Å². The highest BCUT2D eigenvalue weighted by molar-refractivity contribution is 7.99. The number of para-hydroxylation sites is 1. The standard InChI is InChI=1S/C24H21F2N3OS/c1-2-24(30)28-18-7-8-19-21(12-18)29(13-15-9-16(25)11-17(26)10-15)14-23(19)31-22-6-4-3-5-20(22)27/h3-12,14H,2,13,27H2,1H3,(H,28,30). The van der Waals surface area contributed by atoms with E-state index in [2.05, 4.69) is 5.32 Å². The average molecular weight is 438 g/mol. The number of nitrogens with one attached hydrogen (secondary N) is 1. The van der Waals surface area contributed by atoms with Crippen molar-refractivity contribution in [1.29, 1.82) is 0 Å². The van der Waals surface area contributed by atoms with Crippen LogP contribution in [0.3, 0.4) is 0 Å². The zero-order chi connectivity index (χ0) is 22.0. The highest BCUT2D eigenvalue weighted by atomic mass is 32.2. The molecule has 3 N–H and O–H groups in total. The molecule has 0 aliphatic heterocycles. The fourth-order valence-corrected chi connectivity index (χ4v) is 4.42. The van der Waals surface area contributed by atoms with Gasteiger partial charge in [0.2, 0.25) is 5.91 Å². The van der Waals surface area contributed by atoms with E-state index in [-0.39, 0.29) is 12.5 Å². The maximum Gasteiger partial charge on any atom is 0.224 e. The van der Waals surface area contributed by atoms with Crippen LogP contribution in [0.4, 0.5) is 20.2 Å². The first-order valence-corrected chi connectivity index (χ1v) is 10.6. The fraction of sp³-hybridized carbons (Fsp3) is 0.125. The summed E-state index contributed by atoms with van der Waals surface area (Å²) in [6.45, 7) is 2.06. The number of rotatable bonds is 6. The van der Waals surface area contributed by atoms with Gasteiger partial charge in [0.1, 0.15) is 11.6 Å². The van der Waals surface area contributed by atoms with Crippen molar-refractivity contribution in [2.45, 2.75) is 29.7 Å². The lowest BCUT2D eigenvalue weighted by molar-refractivity contribution is -0.115. The number of halogens is 2. The molecule has 1 aromatic heterocycles. The Morgan fingerprint density at radius 2 is 1.77 bits per heavy atom. The van der Waals surface area contributed by atoms with Gasteiger partial charge in [0.15, 0.2) is 0 Å². The molecule has 0 saturated heterocycles. The van der Waals surface area contributed by atoms with Gasteiger partial charge in [-0.05, 0) is 48.0 Å². The van der Waals surface area contributed by atoms with Crippen LogP contribution < -0.4 is 11.1 Å². The van der Waals surface area contributed by atoms with Crippen molar-refractivity contribution in [3.63, 3.8) is 0 Å². The average Bonchev–Trinajstić information content (AvgIpc) is 3.05. The lowest BCUT2D eigenvalue weighted by Gasteiger charge is -2.08. The molecule has 0 saturated carbocycles. The number of carbonyl (C=O) groups is 1. The van der Waals surface area contributed by atoms with E-state index in [1.54, 1.807) is 6.92 Å². The van der Waals surface area contributed by atoms with E-state index in [1.165, 1.54) is 23.9 Å². The summed E-state index contributed by atoms with van der Waals surface area (Å²) in [6, 6.07) is 16.7. The fourth-order valence-electron chi connectivity index (χ4n) is 3.39. The predicted molar refractivity (Wildman–Crippen MR) is 121 cm³/mol. The normalized spacial score (nSPS) is 11.1. The molecular formula is C24H21F2N3OS. The van der Waals surface area contributed by atoms with E-state index in [9.17, 15) is 13.6 Å². The predicted octanol–water partition coefficient (Wildman–Crippen LogP) is 6.05. The second-order valence-corrected chi connectivity index (χ2v) is 8.26.